The Morgan fingerprint density at radius 3 is 2.95 bits per heavy atom. The molecule has 0 bridgehead atoms. The maximum absolute atomic E-state index is 12.3. The van der Waals surface area contributed by atoms with Crippen molar-refractivity contribution in [1.82, 2.24) is 14.8 Å². The zero-order chi connectivity index (χ0) is 15.9. The van der Waals surface area contributed by atoms with Crippen molar-refractivity contribution in [3.05, 3.63) is 45.8 Å². The molecule has 2 heterocycles. The number of fused-ring (bicyclic) bond motifs is 1. The van der Waals surface area contributed by atoms with Gasteiger partial charge in [-0.05, 0) is 24.6 Å². The molecular formula is C13H11N5O3S. The second-order valence-corrected chi connectivity index (χ2v) is 5.73. The number of nitrogens with one attached hydrogen (secondary N) is 1. The zero-order valence-electron chi connectivity index (χ0n) is 11.7. The van der Waals surface area contributed by atoms with E-state index in [-0.39, 0.29) is 11.4 Å². The number of aryl methyl sites for hydroxylation is 2. The summed E-state index contributed by atoms with van der Waals surface area (Å²) in [5.41, 5.74) is 1.42. The van der Waals surface area contributed by atoms with Gasteiger partial charge in [0.2, 0.25) is 5.69 Å². The normalized spacial score (nSPS) is 10.8. The Balaban J connectivity index is 1.93. The highest BCUT2D eigenvalue weighted by Gasteiger charge is 2.26. The van der Waals surface area contributed by atoms with Crippen LogP contribution >= 0.6 is 11.3 Å². The number of nitro groups is 1. The summed E-state index contributed by atoms with van der Waals surface area (Å²) in [7, 11) is 1.48. The largest absolute Gasteiger partial charge is 0.320 e. The molecule has 22 heavy (non-hydrogen) atoms. The number of rotatable bonds is 3. The highest BCUT2D eigenvalue weighted by atomic mass is 32.1. The van der Waals surface area contributed by atoms with Crippen molar-refractivity contribution < 1.29 is 9.72 Å². The third-order valence-electron chi connectivity index (χ3n) is 3.10. The van der Waals surface area contributed by atoms with Crippen LogP contribution in [0.25, 0.3) is 10.2 Å². The van der Waals surface area contributed by atoms with Gasteiger partial charge in [0.25, 0.3) is 5.91 Å². The lowest BCUT2D eigenvalue weighted by Gasteiger charge is -2.01. The minimum atomic E-state index is -0.635. The van der Waals surface area contributed by atoms with Gasteiger partial charge >= 0.3 is 5.69 Å². The Hall–Kier alpha value is -2.81. The van der Waals surface area contributed by atoms with E-state index in [1.165, 1.54) is 23.1 Å². The van der Waals surface area contributed by atoms with Crippen molar-refractivity contribution in [2.45, 2.75) is 6.92 Å². The lowest BCUT2D eigenvalue weighted by Crippen LogP contribution is -2.17. The average Bonchev–Trinajstić information content (AvgIpc) is 3.01. The van der Waals surface area contributed by atoms with E-state index >= 15 is 0 Å². The number of nitrogens with zero attached hydrogens (tertiary/aromatic N) is 4. The van der Waals surface area contributed by atoms with E-state index in [0.29, 0.717) is 5.13 Å². The number of thiazole rings is 1. The number of hydrogen-bond donors (Lipinski definition) is 1. The first-order valence-corrected chi connectivity index (χ1v) is 7.12. The predicted molar refractivity (Wildman–Crippen MR) is 82.2 cm³/mol. The van der Waals surface area contributed by atoms with Gasteiger partial charge in [-0.1, -0.05) is 17.4 Å². The fourth-order valence-corrected chi connectivity index (χ4v) is 3.02. The van der Waals surface area contributed by atoms with E-state index in [1.54, 1.807) is 0 Å². The molecule has 0 aliphatic carbocycles. The average molecular weight is 317 g/mol. The highest BCUT2D eigenvalue weighted by Crippen LogP contribution is 2.27. The first-order valence-electron chi connectivity index (χ1n) is 6.30. The van der Waals surface area contributed by atoms with E-state index in [2.05, 4.69) is 15.4 Å². The standard InChI is InChI=1S/C13H11N5O3S/c1-7-3-4-8-10(5-7)22-13(15-8)16-12(19)11-9(18(20)21)6-14-17(11)2/h3-6H,1-2H3,(H,15,16,19). The lowest BCUT2D eigenvalue weighted by molar-refractivity contribution is -0.385. The first-order chi connectivity index (χ1) is 10.5. The molecule has 1 amide bonds. The number of anilines is 1. The minimum Gasteiger partial charge on any atom is -0.296 e. The second-order valence-electron chi connectivity index (χ2n) is 4.70. The van der Waals surface area contributed by atoms with Crippen molar-refractivity contribution in [2.24, 2.45) is 7.05 Å². The summed E-state index contributed by atoms with van der Waals surface area (Å²) < 4.78 is 2.11. The SMILES string of the molecule is Cc1ccc2nc(NC(=O)c3c([N+](=O)[O-])cnn3C)sc2c1. The second kappa shape index (κ2) is 5.19. The maximum atomic E-state index is 12.3. The summed E-state index contributed by atoms with van der Waals surface area (Å²) in [6.45, 7) is 1.97. The smallest absolute Gasteiger partial charge is 0.296 e. The van der Waals surface area contributed by atoms with Crippen LogP contribution in [0.4, 0.5) is 10.8 Å². The molecule has 2 aromatic heterocycles. The third kappa shape index (κ3) is 2.42. The molecule has 0 saturated carbocycles. The molecule has 1 N–H and O–H groups in total. The van der Waals surface area contributed by atoms with E-state index in [9.17, 15) is 14.9 Å². The van der Waals surface area contributed by atoms with Crippen LogP contribution in [-0.2, 0) is 7.05 Å². The monoisotopic (exact) mass is 317 g/mol. The van der Waals surface area contributed by atoms with Crippen molar-refractivity contribution >= 4 is 38.3 Å². The third-order valence-corrected chi connectivity index (χ3v) is 4.03. The Kier molecular flexibility index (Phi) is 3.33. The van der Waals surface area contributed by atoms with Gasteiger partial charge in [0.15, 0.2) is 5.13 Å². The molecule has 0 radical (unpaired) electrons. The fourth-order valence-electron chi connectivity index (χ4n) is 2.06. The molecular weight excluding hydrogens is 306 g/mol. The van der Waals surface area contributed by atoms with Gasteiger partial charge in [-0.25, -0.2) is 4.98 Å². The summed E-state index contributed by atoms with van der Waals surface area (Å²) >= 11 is 1.31. The van der Waals surface area contributed by atoms with Crippen LogP contribution in [0.15, 0.2) is 24.4 Å². The summed E-state index contributed by atoms with van der Waals surface area (Å²) in [6, 6.07) is 5.76. The number of hydrogen-bond acceptors (Lipinski definition) is 6. The summed E-state index contributed by atoms with van der Waals surface area (Å²) in [4.78, 5) is 26.8. The van der Waals surface area contributed by atoms with Gasteiger partial charge in [0, 0.05) is 7.05 Å². The summed E-state index contributed by atoms with van der Waals surface area (Å²) in [5.74, 6) is -0.609. The van der Waals surface area contributed by atoms with Gasteiger partial charge in [0.1, 0.15) is 6.20 Å². The molecule has 0 unspecified atom stereocenters. The van der Waals surface area contributed by atoms with Crippen LogP contribution in [0.1, 0.15) is 16.1 Å². The van der Waals surface area contributed by atoms with Gasteiger partial charge in [-0.2, -0.15) is 5.10 Å². The van der Waals surface area contributed by atoms with E-state index in [1.807, 2.05) is 25.1 Å². The quantitative estimate of drug-likeness (QED) is 0.590. The molecule has 112 valence electrons. The molecule has 0 fully saturated rings. The zero-order valence-corrected chi connectivity index (χ0v) is 12.5. The molecule has 3 rings (SSSR count). The van der Waals surface area contributed by atoms with E-state index in [0.717, 1.165) is 22.0 Å². The Morgan fingerprint density at radius 2 is 2.23 bits per heavy atom. The molecule has 1 aromatic carbocycles. The Morgan fingerprint density at radius 1 is 1.45 bits per heavy atom. The van der Waals surface area contributed by atoms with Gasteiger partial charge in [-0.15, -0.1) is 0 Å². The maximum Gasteiger partial charge on any atom is 0.320 e. The molecule has 0 aliphatic heterocycles. The fraction of sp³-hybridized carbons (Fsp3) is 0.154. The van der Waals surface area contributed by atoms with Crippen LogP contribution in [0, 0.1) is 17.0 Å². The molecule has 8 nitrogen and oxygen atoms in total. The van der Waals surface area contributed by atoms with Gasteiger partial charge < -0.3 is 0 Å². The predicted octanol–water partition coefficient (Wildman–Crippen LogP) is 2.50. The highest BCUT2D eigenvalue weighted by molar-refractivity contribution is 7.22. The Labute approximate surface area is 128 Å². The number of amides is 1. The van der Waals surface area contributed by atoms with Crippen LogP contribution in [-0.4, -0.2) is 25.6 Å². The van der Waals surface area contributed by atoms with Crippen molar-refractivity contribution in [3.8, 4) is 0 Å². The summed E-state index contributed by atoms with van der Waals surface area (Å²) in [6.07, 6.45) is 1.05. The Bertz CT molecular complexity index is 898. The molecule has 0 spiro atoms. The molecule has 0 saturated heterocycles. The van der Waals surface area contributed by atoms with Crippen molar-refractivity contribution in [2.75, 3.05) is 5.32 Å². The number of aromatic nitrogens is 3. The topological polar surface area (TPSA) is 103 Å². The molecule has 3 aromatic rings. The first kappa shape index (κ1) is 14.1. The van der Waals surface area contributed by atoms with Crippen LogP contribution in [0.2, 0.25) is 0 Å². The van der Waals surface area contributed by atoms with Gasteiger partial charge in [0.05, 0.1) is 15.1 Å². The molecule has 9 heteroatoms. The number of benzene rings is 1. The van der Waals surface area contributed by atoms with Gasteiger partial charge in [-0.3, -0.25) is 24.9 Å². The van der Waals surface area contributed by atoms with Crippen molar-refractivity contribution in [3.63, 3.8) is 0 Å². The van der Waals surface area contributed by atoms with Crippen LogP contribution in [0.5, 0.6) is 0 Å². The minimum absolute atomic E-state index is 0.111. The van der Waals surface area contributed by atoms with Crippen LogP contribution < -0.4 is 5.32 Å². The van der Waals surface area contributed by atoms with Crippen LogP contribution in [0.3, 0.4) is 0 Å². The van der Waals surface area contributed by atoms with E-state index < -0.39 is 10.8 Å². The van der Waals surface area contributed by atoms with E-state index in [4.69, 9.17) is 0 Å². The molecule has 0 atom stereocenters. The number of carbonyl (C=O) groups is 1. The number of carbonyl (C=O) groups excluding carboxylic acids is 1. The van der Waals surface area contributed by atoms with Crippen molar-refractivity contribution in [1.29, 1.82) is 0 Å². The molecule has 0 aliphatic rings. The summed E-state index contributed by atoms with van der Waals surface area (Å²) in [5, 5.41) is 17.7. The lowest BCUT2D eigenvalue weighted by atomic mass is 10.2.